The number of hydrogen-bond acceptors (Lipinski definition) is 5. The number of carbonyl (C=O) groups is 1. The summed E-state index contributed by atoms with van der Waals surface area (Å²) in [5.74, 6) is 2.33. The van der Waals surface area contributed by atoms with Crippen LogP contribution < -0.4 is 15.0 Å². The van der Waals surface area contributed by atoms with Crippen molar-refractivity contribution in [1.82, 2.24) is 15.3 Å². The molecule has 0 saturated carbocycles. The molecule has 5 rings (SSSR count). The van der Waals surface area contributed by atoms with Crippen LogP contribution >= 0.6 is 0 Å². The smallest absolute Gasteiger partial charge is 0.224 e. The summed E-state index contributed by atoms with van der Waals surface area (Å²) >= 11 is 0. The second kappa shape index (κ2) is 8.76. The molecule has 0 bridgehead atoms. The third-order valence-corrected chi connectivity index (χ3v) is 6.23. The number of amides is 1. The number of nitrogens with one attached hydrogen (secondary N) is 1. The Morgan fingerprint density at radius 3 is 2.58 bits per heavy atom. The molecule has 1 aliphatic carbocycles. The predicted octanol–water partition coefficient (Wildman–Crippen LogP) is 4.29. The van der Waals surface area contributed by atoms with E-state index in [4.69, 9.17) is 4.74 Å². The molecule has 31 heavy (non-hydrogen) atoms. The van der Waals surface area contributed by atoms with E-state index in [0.717, 1.165) is 50.3 Å². The zero-order chi connectivity index (χ0) is 21.0. The highest BCUT2D eigenvalue weighted by Crippen LogP contribution is 2.32. The molecule has 1 aliphatic heterocycles. The van der Waals surface area contributed by atoms with E-state index in [1.807, 2.05) is 36.4 Å². The highest BCUT2D eigenvalue weighted by Gasteiger charge is 2.29. The number of carbonyl (C=O) groups excluding carboxylic acids is 1. The largest absolute Gasteiger partial charge is 0.439 e. The van der Waals surface area contributed by atoms with Crippen molar-refractivity contribution in [1.29, 1.82) is 0 Å². The monoisotopic (exact) mass is 414 g/mol. The first-order chi connectivity index (χ1) is 15.3. The number of rotatable bonds is 5. The second-order valence-electron chi connectivity index (χ2n) is 8.19. The van der Waals surface area contributed by atoms with Gasteiger partial charge in [0, 0.05) is 25.1 Å². The summed E-state index contributed by atoms with van der Waals surface area (Å²) in [4.78, 5) is 23.7. The Morgan fingerprint density at radius 2 is 1.74 bits per heavy atom. The molecule has 2 aromatic carbocycles. The summed E-state index contributed by atoms with van der Waals surface area (Å²) in [7, 11) is 0. The van der Waals surface area contributed by atoms with Gasteiger partial charge in [-0.15, -0.1) is 0 Å². The van der Waals surface area contributed by atoms with Crippen LogP contribution in [-0.2, 0) is 11.2 Å². The fourth-order valence-corrected chi connectivity index (χ4v) is 4.54. The molecule has 0 spiro atoms. The van der Waals surface area contributed by atoms with Gasteiger partial charge in [-0.25, -0.2) is 9.97 Å². The molecule has 158 valence electrons. The van der Waals surface area contributed by atoms with E-state index in [1.165, 1.54) is 17.5 Å². The van der Waals surface area contributed by atoms with E-state index in [1.54, 1.807) is 0 Å². The van der Waals surface area contributed by atoms with Crippen LogP contribution in [0.5, 0.6) is 11.6 Å². The summed E-state index contributed by atoms with van der Waals surface area (Å²) in [5, 5.41) is 3.29. The lowest BCUT2D eigenvalue weighted by Gasteiger charge is -2.32. The normalized spacial score (nSPS) is 18.5. The number of aryl methyl sites for hydroxylation is 1. The van der Waals surface area contributed by atoms with Gasteiger partial charge < -0.3 is 15.0 Å². The van der Waals surface area contributed by atoms with E-state index in [9.17, 15) is 4.79 Å². The first-order valence-electron chi connectivity index (χ1n) is 10.9. The summed E-state index contributed by atoms with van der Waals surface area (Å²) < 4.78 is 5.83. The zero-order valence-corrected chi connectivity index (χ0v) is 17.4. The van der Waals surface area contributed by atoms with Crippen LogP contribution in [0.4, 0.5) is 5.82 Å². The highest BCUT2D eigenvalue weighted by atomic mass is 16.5. The topological polar surface area (TPSA) is 67.4 Å². The van der Waals surface area contributed by atoms with Crippen LogP contribution in [0.1, 0.15) is 36.4 Å². The molecule has 6 heteroatoms. The van der Waals surface area contributed by atoms with Gasteiger partial charge in [0.25, 0.3) is 0 Å². The van der Waals surface area contributed by atoms with Crippen LogP contribution in [0.3, 0.4) is 0 Å². The average Bonchev–Trinajstić information content (AvgIpc) is 3.23. The van der Waals surface area contributed by atoms with Gasteiger partial charge in [-0.3, -0.25) is 4.79 Å². The first kappa shape index (κ1) is 19.5. The van der Waals surface area contributed by atoms with Crippen molar-refractivity contribution in [2.45, 2.75) is 31.7 Å². The van der Waals surface area contributed by atoms with Gasteiger partial charge >= 0.3 is 0 Å². The molecule has 6 nitrogen and oxygen atoms in total. The fraction of sp³-hybridized carbons (Fsp3) is 0.320. The third kappa shape index (κ3) is 4.38. The number of ether oxygens (including phenoxy) is 1. The molecule has 1 atom stereocenters. The van der Waals surface area contributed by atoms with Crippen molar-refractivity contribution in [3.63, 3.8) is 0 Å². The van der Waals surface area contributed by atoms with Crippen molar-refractivity contribution in [3.8, 4) is 11.6 Å². The highest BCUT2D eigenvalue weighted by molar-refractivity contribution is 5.79. The van der Waals surface area contributed by atoms with Crippen LogP contribution in [0.2, 0.25) is 0 Å². The molecular weight excluding hydrogens is 388 g/mol. The van der Waals surface area contributed by atoms with Crippen LogP contribution in [-0.4, -0.2) is 29.0 Å². The fourth-order valence-electron chi connectivity index (χ4n) is 4.54. The number of anilines is 1. The SMILES string of the molecule is O=C(NC1CCc2ccccc21)C1CCN(c2cc(Oc3ccccc3)ncn2)CC1. The Bertz CT molecular complexity index is 1050. The Morgan fingerprint density at radius 1 is 0.968 bits per heavy atom. The van der Waals surface area contributed by atoms with Gasteiger partial charge in [-0.1, -0.05) is 42.5 Å². The minimum Gasteiger partial charge on any atom is -0.439 e. The third-order valence-electron chi connectivity index (χ3n) is 6.23. The van der Waals surface area contributed by atoms with Crippen molar-refractivity contribution < 1.29 is 9.53 Å². The maximum atomic E-state index is 12.9. The summed E-state index contributed by atoms with van der Waals surface area (Å²) in [6.07, 6.45) is 5.21. The van der Waals surface area contributed by atoms with Gasteiger partial charge in [-0.05, 0) is 48.9 Å². The maximum absolute atomic E-state index is 12.9. The molecule has 1 aromatic heterocycles. The standard InChI is InChI=1S/C25H26N4O2/c30-25(28-22-11-10-18-6-4-5-9-21(18)22)19-12-14-29(15-13-19)23-16-24(27-17-26-23)31-20-7-2-1-3-8-20/h1-9,16-17,19,22H,10-15H2,(H,28,30). The van der Waals surface area contributed by atoms with E-state index >= 15 is 0 Å². The van der Waals surface area contributed by atoms with Crippen LogP contribution in [0.25, 0.3) is 0 Å². The Labute approximate surface area is 182 Å². The Kier molecular flexibility index (Phi) is 5.52. The molecule has 2 aliphatic rings. The van der Waals surface area contributed by atoms with Crippen molar-refractivity contribution in [2.75, 3.05) is 18.0 Å². The molecule has 1 amide bonds. The van der Waals surface area contributed by atoms with Crippen LogP contribution in [0.15, 0.2) is 67.0 Å². The van der Waals surface area contributed by atoms with E-state index < -0.39 is 0 Å². The summed E-state index contributed by atoms with van der Waals surface area (Å²) in [5.41, 5.74) is 2.64. The molecule has 0 radical (unpaired) electrons. The van der Waals surface area contributed by atoms with Gasteiger partial charge in [0.1, 0.15) is 17.9 Å². The van der Waals surface area contributed by atoms with E-state index in [2.05, 4.69) is 44.5 Å². The van der Waals surface area contributed by atoms with Gasteiger partial charge in [0.2, 0.25) is 11.8 Å². The lowest BCUT2D eigenvalue weighted by molar-refractivity contribution is -0.126. The number of fused-ring (bicyclic) bond motifs is 1. The van der Waals surface area contributed by atoms with Crippen molar-refractivity contribution in [3.05, 3.63) is 78.1 Å². The van der Waals surface area contributed by atoms with Gasteiger partial charge in [-0.2, -0.15) is 0 Å². The first-order valence-corrected chi connectivity index (χ1v) is 10.9. The van der Waals surface area contributed by atoms with Crippen LogP contribution in [0, 0.1) is 5.92 Å². The van der Waals surface area contributed by atoms with E-state index in [-0.39, 0.29) is 17.9 Å². The minimum atomic E-state index is 0.0471. The zero-order valence-electron chi connectivity index (χ0n) is 17.4. The Hall–Kier alpha value is -3.41. The molecule has 1 N–H and O–H groups in total. The second-order valence-corrected chi connectivity index (χ2v) is 8.19. The molecular formula is C25H26N4O2. The van der Waals surface area contributed by atoms with Gasteiger partial charge in [0.15, 0.2) is 0 Å². The lowest BCUT2D eigenvalue weighted by Crippen LogP contribution is -2.41. The molecule has 3 aromatic rings. The van der Waals surface area contributed by atoms with E-state index in [0.29, 0.717) is 5.88 Å². The maximum Gasteiger partial charge on any atom is 0.224 e. The Balaban J connectivity index is 1.17. The number of piperidine rings is 1. The lowest BCUT2D eigenvalue weighted by atomic mass is 9.95. The van der Waals surface area contributed by atoms with Crippen molar-refractivity contribution in [2.24, 2.45) is 5.92 Å². The molecule has 2 heterocycles. The van der Waals surface area contributed by atoms with Gasteiger partial charge in [0.05, 0.1) is 6.04 Å². The molecule has 1 fully saturated rings. The number of nitrogens with zero attached hydrogens (tertiary/aromatic N) is 3. The average molecular weight is 415 g/mol. The number of benzene rings is 2. The number of hydrogen-bond donors (Lipinski definition) is 1. The molecule has 1 saturated heterocycles. The minimum absolute atomic E-state index is 0.0471. The van der Waals surface area contributed by atoms with Crippen molar-refractivity contribution >= 4 is 11.7 Å². The summed E-state index contributed by atoms with van der Waals surface area (Å²) in [6.45, 7) is 1.59. The summed E-state index contributed by atoms with van der Waals surface area (Å²) in [6, 6.07) is 20.0. The quantitative estimate of drug-likeness (QED) is 0.675. The molecule has 1 unspecified atom stereocenters. The number of aromatic nitrogens is 2. The number of para-hydroxylation sites is 1. The predicted molar refractivity (Wildman–Crippen MR) is 119 cm³/mol.